The third-order valence-electron chi connectivity index (χ3n) is 6.25. The van der Waals surface area contributed by atoms with E-state index in [4.69, 9.17) is 0 Å². The summed E-state index contributed by atoms with van der Waals surface area (Å²) in [5, 5.41) is 8.30. The Kier molecular flexibility index (Phi) is 5.68. The molecule has 1 amide bonds. The fourth-order valence-electron chi connectivity index (χ4n) is 4.78. The highest BCUT2D eigenvalue weighted by atomic mass is 32.1. The zero-order chi connectivity index (χ0) is 22.9. The summed E-state index contributed by atoms with van der Waals surface area (Å²) in [6.45, 7) is 1.87. The van der Waals surface area contributed by atoms with E-state index < -0.39 is 5.92 Å². The van der Waals surface area contributed by atoms with Crippen molar-refractivity contribution in [1.82, 2.24) is 5.32 Å². The minimum Gasteiger partial charge on any atom is -0.362 e. The molecule has 1 aliphatic heterocycles. The molecule has 1 aliphatic carbocycles. The van der Waals surface area contributed by atoms with E-state index in [1.165, 1.54) is 29.1 Å². The number of ketones is 1. The molecule has 2 atom stereocenters. The number of dihydropyridines is 1. The molecule has 0 unspecified atom stereocenters. The van der Waals surface area contributed by atoms with Crippen LogP contribution >= 0.6 is 11.3 Å². The van der Waals surface area contributed by atoms with Crippen molar-refractivity contribution in [1.29, 1.82) is 0 Å². The Morgan fingerprint density at radius 1 is 1.03 bits per heavy atom. The lowest BCUT2D eigenvalue weighted by atomic mass is 9.72. The summed E-state index contributed by atoms with van der Waals surface area (Å²) in [5.41, 5.74) is 4.20. The van der Waals surface area contributed by atoms with Crippen LogP contribution < -0.4 is 10.6 Å². The van der Waals surface area contributed by atoms with Gasteiger partial charge in [-0.2, -0.15) is 0 Å². The van der Waals surface area contributed by atoms with Crippen LogP contribution in [0.1, 0.15) is 42.0 Å². The first-order valence-electron chi connectivity index (χ1n) is 10.9. The molecule has 166 valence electrons. The number of rotatable bonds is 4. The second-order valence-electron chi connectivity index (χ2n) is 8.40. The van der Waals surface area contributed by atoms with Crippen molar-refractivity contribution in [3.8, 4) is 0 Å². The summed E-state index contributed by atoms with van der Waals surface area (Å²) in [4.78, 5) is 28.1. The molecule has 2 N–H and O–H groups in total. The van der Waals surface area contributed by atoms with E-state index in [1.54, 1.807) is 11.3 Å². The molecule has 5 rings (SSSR count). The molecule has 0 saturated heterocycles. The molecule has 0 spiro atoms. The normalized spacial score (nSPS) is 20.4. The Morgan fingerprint density at radius 2 is 1.79 bits per heavy atom. The van der Waals surface area contributed by atoms with Crippen LogP contribution in [0, 0.1) is 5.82 Å². The van der Waals surface area contributed by atoms with Gasteiger partial charge in [0.25, 0.3) is 5.91 Å². The number of Topliss-reactive ketones (excluding diaryl/α,β-unsaturated/α-hetero) is 1. The molecule has 4 nitrogen and oxygen atoms in total. The van der Waals surface area contributed by atoms with E-state index in [2.05, 4.69) is 16.7 Å². The first-order chi connectivity index (χ1) is 16.0. The Labute approximate surface area is 195 Å². The lowest BCUT2D eigenvalue weighted by Gasteiger charge is -2.36. The third-order valence-corrected chi connectivity index (χ3v) is 7.29. The molecule has 2 aromatic carbocycles. The number of nitrogens with one attached hydrogen (secondary N) is 2. The van der Waals surface area contributed by atoms with Crippen LogP contribution in [0.4, 0.5) is 10.1 Å². The van der Waals surface area contributed by atoms with Crippen LogP contribution in [-0.4, -0.2) is 11.7 Å². The summed E-state index contributed by atoms with van der Waals surface area (Å²) in [6.07, 6.45) is 1.16. The van der Waals surface area contributed by atoms with Gasteiger partial charge >= 0.3 is 0 Å². The van der Waals surface area contributed by atoms with Crippen LogP contribution in [0.25, 0.3) is 0 Å². The quantitative estimate of drug-likeness (QED) is 0.513. The lowest BCUT2D eigenvalue weighted by molar-refractivity contribution is -0.116. The fraction of sp³-hybridized carbons (Fsp3) is 0.185. The zero-order valence-corrected chi connectivity index (χ0v) is 18.9. The van der Waals surface area contributed by atoms with Gasteiger partial charge in [-0.25, -0.2) is 4.39 Å². The van der Waals surface area contributed by atoms with Gasteiger partial charge in [-0.3, -0.25) is 9.59 Å². The fourth-order valence-corrected chi connectivity index (χ4v) is 5.61. The Morgan fingerprint density at radius 3 is 2.48 bits per heavy atom. The van der Waals surface area contributed by atoms with E-state index >= 15 is 0 Å². The summed E-state index contributed by atoms with van der Waals surface area (Å²) in [7, 11) is 0. The molecular weight excluding hydrogens is 435 g/mol. The number of amides is 1. The molecule has 0 bridgehead atoms. The second kappa shape index (κ2) is 8.79. The molecule has 0 saturated carbocycles. The smallest absolute Gasteiger partial charge is 0.254 e. The number of hydrogen-bond acceptors (Lipinski definition) is 4. The largest absolute Gasteiger partial charge is 0.362 e. The van der Waals surface area contributed by atoms with Gasteiger partial charge in [-0.1, -0.05) is 36.4 Å². The molecule has 2 heterocycles. The third kappa shape index (κ3) is 4.14. The summed E-state index contributed by atoms with van der Waals surface area (Å²) in [6, 6.07) is 19.4. The van der Waals surface area contributed by atoms with E-state index in [1.807, 2.05) is 48.7 Å². The summed E-state index contributed by atoms with van der Waals surface area (Å²) in [5.74, 6) is -0.925. The first-order valence-corrected chi connectivity index (χ1v) is 11.8. The Hall–Kier alpha value is -3.51. The van der Waals surface area contributed by atoms with Crippen molar-refractivity contribution < 1.29 is 14.0 Å². The molecule has 33 heavy (non-hydrogen) atoms. The number of thiophene rings is 1. The number of halogens is 1. The number of benzene rings is 2. The highest BCUT2D eigenvalue weighted by Crippen LogP contribution is 2.46. The monoisotopic (exact) mass is 458 g/mol. The molecule has 6 heteroatoms. The Balaban J connectivity index is 1.54. The number of carbonyl (C=O) groups is 2. The average Bonchev–Trinajstić information content (AvgIpc) is 3.35. The van der Waals surface area contributed by atoms with Crippen molar-refractivity contribution in [3.05, 3.63) is 111 Å². The van der Waals surface area contributed by atoms with E-state index in [-0.39, 0.29) is 23.4 Å². The minimum atomic E-state index is -0.459. The van der Waals surface area contributed by atoms with Gasteiger partial charge in [0.2, 0.25) is 0 Å². The van der Waals surface area contributed by atoms with E-state index in [9.17, 15) is 14.0 Å². The number of allylic oxidation sites excluding steroid dienone is 3. The van der Waals surface area contributed by atoms with Gasteiger partial charge < -0.3 is 10.6 Å². The van der Waals surface area contributed by atoms with Crippen molar-refractivity contribution in [2.75, 3.05) is 5.32 Å². The number of hydrogen-bond donors (Lipinski definition) is 2. The van der Waals surface area contributed by atoms with Crippen LogP contribution in [0.5, 0.6) is 0 Å². The van der Waals surface area contributed by atoms with Gasteiger partial charge in [0.1, 0.15) is 5.82 Å². The summed E-state index contributed by atoms with van der Waals surface area (Å²) < 4.78 is 13.3. The second-order valence-corrected chi connectivity index (χ2v) is 9.38. The van der Waals surface area contributed by atoms with Crippen LogP contribution in [0.15, 0.2) is 94.7 Å². The SMILES string of the molecule is CC1=C(C(=O)Nc2ccc(F)cc2)[C@H](c2ccccc2)C2=C(C[C@@H](c3cccs3)CC2=O)N1. The minimum absolute atomic E-state index is 0.0654. The van der Waals surface area contributed by atoms with Gasteiger partial charge in [-0.15, -0.1) is 11.3 Å². The maximum absolute atomic E-state index is 13.5. The van der Waals surface area contributed by atoms with Gasteiger partial charge in [-0.05, 0) is 54.6 Å². The van der Waals surface area contributed by atoms with Crippen LogP contribution in [0.3, 0.4) is 0 Å². The number of anilines is 1. The van der Waals surface area contributed by atoms with E-state index in [0.717, 1.165) is 23.4 Å². The van der Waals surface area contributed by atoms with Gasteiger partial charge in [0.05, 0.1) is 0 Å². The molecular formula is C27H23FN2O2S. The lowest BCUT2D eigenvalue weighted by Crippen LogP contribution is -2.37. The van der Waals surface area contributed by atoms with Crippen molar-refractivity contribution in [2.24, 2.45) is 0 Å². The maximum atomic E-state index is 13.5. The van der Waals surface area contributed by atoms with Crippen LogP contribution in [-0.2, 0) is 9.59 Å². The molecule has 0 fully saturated rings. The van der Waals surface area contributed by atoms with Crippen molar-refractivity contribution in [3.63, 3.8) is 0 Å². The maximum Gasteiger partial charge on any atom is 0.254 e. The highest BCUT2D eigenvalue weighted by Gasteiger charge is 2.41. The molecule has 0 radical (unpaired) electrons. The van der Waals surface area contributed by atoms with Crippen molar-refractivity contribution in [2.45, 2.75) is 31.6 Å². The average molecular weight is 459 g/mol. The molecule has 1 aromatic heterocycles. The predicted octanol–water partition coefficient (Wildman–Crippen LogP) is 5.89. The van der Waals surface area contributed by atoms with Crippen LogP contribution in [0.2, 0.25) is 0 Å². The summed E-state index contributed by atoms with van der Waals surface area (Å²) >= 11 is 1.67. The molecule has 3 aromatic rings. The first kappa shape index (κ1) is 21.3. The number of carbonyl (C=O) groups excluding carboxylic acids is 2. The standard InChI is InChI=1S/C27H23FN2O2S/c1-16-24(27(32)30-20-11-9-19(28)10-12-20)25(17-6-3-2-4-7-17)26-21(29-16)14-18(15-22(26)31)23-8-5-13-33-23/h2-13,18,25,29H,14-15H2,1H3,(H,30,32)/t18-,25+/m1/s1. The predicted molar refractivity (Wildman–Crippen MR) is 128 cm³/mol. The highest BCUT2D eigenvalue weighted by molar-refractivity contribution is 7.10. The molecule has 2 aliphatic rings. The Bertz CT molecular complexity index is 1260. The van der Waals surface area contributed by atoms with Gasteiger partial charge in [0.15, 0.2) is 5.78 Å². The topological polar surface area (TPSA) is 58.2 Å². The van der Waals surface area contributed by atoms with E-state index in [0.29, 0.717) is 23.3 Å². The zero-order valence-electron chi connectivity index (χ0n) is 18.1. The van der Waals surface area contributed by atoms with Crippen molar-refractivity contribution >= 4 is 28.7 Å². The van der Waals surface area contributed by atoms with Gasteiger partial charge in [0, 0.05) is 51.4 Å².